The largest absolute Gasteiger partial charge is 0.743 e. The molecule has 0 radical (unpaired) electrons. The normalized spacial score (nSPS) is 18.8. The van der Waals surface area contributed by atoms with Gasteiger partial charge in [0.2, 0.25) is 0 Å². The van der Waals surface area contributed by atoms with E-state index in [9.17, 15) is 40.1 Å². The van der Waals surface area contributed by atoms with E-state index in [1.165, 1.54) is 0 Å². The molecule has 1 heterocycles. The van der Waals surface area contributed by atoms with E-state index in [1.54, 1.807) is 0 Å². The van der Waals surface area contributed by atoms with E-state index in [2.05, 4.69) is 16.1 Å². The highest BCUT2D eigenvalue weighted by molar-refractivity contribution is 7.86. The molecule has 1 saturated heterocycles. The van der Waals surface area contributed by atoms with Crippen molar-refractivity contribution in [2.75, 3.05) is 19.8 Å². The molecule has 0 aromatic heterocycles. The Balaban J connectivity index is 2.40. The van der Waals surface area contributed by atoms with Crippen LogP contribution >= 0.6 is 0 Å². The molecule has 0 aromatic rings. The van der Waals surface area contributed by atoms with Crippen LogP contribution in [-0.2, 0) is 33.9 Å². The van der Waals surface area contributed by atoms with Gasteiger partial charge in [0.25, 0.3) is 0 Å². The van der Waals surface area contributed by atoms with Crippen molar-refractivity contribution < 1.29 is 54.3 Å². The molecule has 1 fully saturated rings. The number of ether oxygens (including phenoxy) is 3. The number of hydrogen-bond acceptors (Lipinski definition) is 8. The van der Waals surface area contributed by atoms with Crippen LogP contribution in [0.3, 0.4) is 0 Å². The molecule has 0 aromatic carbocycles. The summed E-state index contributed by atoms with van der Waals surface area (Å²) in [5, 5.41) is -5.80. The van der Waals surface area contributed by atoms with Gasteiger partial charge in [-0.15, -0.1) is 0 Å². The first-order valence-corrected chi connectivity index (χ1v) is 8.02. The maximum Gasteiger partial charge on any atom is 0.396 e. The fourth-order valence-corrected chi connectivity index (χ4v) is 2.05. The molecule has 13 heteroatoms. The maximum absolute atomic E-state index is 13.1. The predicted octanol–water partition coefficient (Wildman–Crippen LogP) is 0.581. The van der Waals surface area contributed by atoms with Crippen LogP contribution in [0.2, 0.25) is 0 Å². The minimum atomic E-state index is -6.56. The van der Waals surface area contributed by atoms with Crippen molar-refractivity contribution in [3.05, 3.63) is 12.2 Å². The molecule has 8 nitrogen and oxygen atoms in total. The molecule has 0 aliphatic carbocycles. The van der Waals surface area contributed by atoms with E-state index in [1.807, 2.05) is 0 Å². The Hall–Kier alpha value is -1.73. The molecule has 0 spiro atoms. The van der Waals surface area contributed by atoms with Gasteiger partial charge in [0, 0.05) is 6.42 Å². The Bertz CT molecular complexity index is 646. The molecule has 144 valence electrons. The lowest BCUT2D eigenvalue weighted by Crippen LogP contribution is -2.47. The zero-order valence-electron chi connectivity index (χ0n) is 12.5. The lowest BCUT2D eigenvalue weighted by molar-refractivity contribution is -0.170. The van der Waals surface area contributed by atoms with Crippen LogP contribution in [0, 0.1) is 0 Å². The highest BCUT2D eigenvalue weighted by atomic mass is 32.2. The van der Waals surface area contributed by atoms with Gasteiger partial charge in [0.15, 0.2) is 10.1 Å². The summed E-state index contributed by atoms with van der Waals surface area (Å²) in [6.07, 6.45) is -2.78. The van der Waals surface area contributed by atoms with Crippen molar-refractivity contribution in [1.29, 1.82) is 0 Å². The third-order valence-corrected chi connectivity index (χ3v) is 3.89. The minimum absolute atomic E-state index is 0.149. The molecule has 1 aliphatic heterocycles. The molecule has 1 atom stereocenters. The highest BCUT2D eigenvalue weighted by Crippen LogP contribution is 2.40. The van der Waals surface area contributed by atoms with Gasteiger partial charge in [0.1, 0.15) is 12.7 Å². The number of halogens is 4. The molecule has 0 amide bonds. The van der Waals surface area contributed by atoms with Crippen LogP contribution < -0.4 is 0 Å². The van der Waals surface area contributed by atoms with Crippen molar-refractivity contribution in [3.8, 4) is 0 Å². The van der Waals surface area contributed by atoms with E-state index < -0.39 is 59.0 Å². The molecule has 1 rings (SSSR count). The molecule has 1 aliphatic rings. The van der Waals surface area contributed by atoms with Gasteiger partial charge in [-0.05, 0) is 0 Å². The zero-order valence-corrected chi connectivity index (χ0v) is 13.3. The number of esters is 2. The summed E-state index contributed by atoms with van der Waals surface area (Å²) in [6, 6.07) is 0. The van der Waals surface area contributed by atoms with E-state index in [0.717, 1.165) is 0 Å². The lowest BCUT2D eigenvalue weighted by atomic mass is 10.2. The minimum Gasteiger partial charge on any atom is -0.743 e. The molecular weight excluding hydrogens is 380 g/mol. The van der Waals surface area contributed by atoms with Crippen LogP contribution in [0.1, 0.15) is 12.8 Å². The summed E-state index contributed by atoms with van der Waals surface area (Å²) in [6.45, 7) is 1.32. The number of rotatable bonds is 9. The van der Waals surface area contributed by atoms with Crippen LogP contribution in [0.15, 0.2) is 12.2 Å². The highest BCUT2D eigenvalue weighted by Gasteiger charge is 2.61. The summed E-state index contributed by atoms with van der Waals surface area (Å²) in [4.78, 5) is 22.3. The Morgan fingerprint density at radius 2 is 1.96 bits per heavy atom. The summed E-state index contributed by atoms with van der Waals surface area (Å²) in [5.74, 6) is -6.74. The lowest BCUT2D eigenvalue weighted by Gasteiger charge is -2.28. The Kier molecular flexibility index (Phi) is 6.53. The standard InChI is InChI=1S/C12H14F4O8S/c1-7(10(18)24-8-4-9(17)23-6-8)5-22-3-2-11(13,14)12(15,16)25(19,20)21/h8H,1-6H2,(H,19,20,21)/p-1. The van der Waals surface area contributed by atoms with Crippen LogP contribution in [-0.4, -0.2) is 62.0 Å². The third-order valence-electron chi connectivity index (χ3n) is 2.96. The van der Waals surface area contributed by atoms with Gasteiger partial charge in [-0.1, -0.05) is 6.58 Å². The van der Waals surface area contributed by atoms with Gasteiger partial charge in [-0.3, -0.25) is 4.79 Å². The van der Waals surface area contributed by atoms with Crippen LogP contribution in [0.25, 0.3) is 0 Å². The van der Waals surface area contributed by atoms with E-state index >= 15 is 0 Å². The van der Waals surface area contributed by atoms with Crippen LogP contribution in [0.5, 0.6) is 0 Å². The van der Waals surface area contributed by atoms with Crippen LogP contribution in [0.4, 0.5) is 17.6 Å². The monoisotopic (exact) mass is 393 g/mol. The van der Waals surface area contributed by atoms with Gasteiger partial charge in [-0.25, -0.2) is 13.2 Å². The summed E-state index contributed by atoms with van der Waals surface area (Å²) in [7, 11) is -6.56. The number of carbonyl (C=O) groups excluding carboxylic acids is 2. The zero-order chi connectivity index (χ0) is 19.5. The second-order valence-electron chi connectivity index (χ2n) is 5.00. The quantitative estimate of drug-likeness (QED) is 0.183. The number of cyclic esters (lactones) is 1. The third kappa shape index (κ3) is 5.37. The van der Waals surface area contributed by atoms with E-state index in [4.69, 9.17) is 4.74 Å². The Labute approximate surface area is 139 Å². The van der Waals surface area contributed by atoms with Gasteiger partial charge < -0.3 is 18.8 Å². The smallest absolute Gasteiger partial charge is 0.396 e. The molecular formula is C12H13F4O8S-. The first kappa shape index (κ1) is 21.3. The van der Waals surface area contributed by atoms with E-state index in [-0.39, 0.29) is 18.6 Å². The van der Waals surface area contributed by atoms with Gasteiger partial charge in [0.05, 0.1) is 25.2 Å². The fraction of sp³-hybridized carbons (Fsp3) is 0.667. The van der Waals surface area contributed by atoms with Crippen molar-refractivity contribution in [2.24, 2.45) is 0 Å². The molecule has 0 N–H and O–H groups in total. The number of hydrogen-bond donors (Lipinski definition) is 0. The van der Waals surface area contributed by atoms with Crippen molar-refractivity contribution in [3.63, 3.8) is 0 Å². The molecule has 1 unspecified atom stereocenters. The number of alkyl halides is 4. The van der Waals surface area contributed by atoms with Gasteiger partial charge >= 0.3 is 23.1 Å². The predicted molar refractivity (Wildman–Crippen MR) is 69.6 cm³/mol. The van der Waals surface area contributed by atoms with Crippen molar-refractivity contribution in [2.45, 2.75) is 30.1 Å². The molecule has 25 heavy (non-hydrogen) atoms. The SMILES string of the molecule is C=C(COCCC(F)(F)C(F)(F)S(=O)(=O)[O-])C(=O)OC1COC(=O)C1. The van der Waals surface area contributed by atoms with Gasteiger partial charge in [-0.2, -0.15) is 17.6 Å². The average molecular weight is 393 g/mol. The second-order valence-corrected chi connectivity index (χ2v) is 6.42. The first-order valence-electron chi connectivity index (χ1n) is 6.61. The molecule has 0 saturated carbocycles. The summed E-state index contributed by atoms with van der Waals surface area (Å²) in [5.41, 5.74) is -0.356. The summed E-state index contributed by atoms with van der Waals surface area (Å²) < 4.78 is 96.3. The fourth-order valence-electron chi connectivity index (χ4n) is 1.58. The average Bonchev–Trinajstić information content (AvgIpc) is 2.87. The topological polar surface area (TPSA) is 119 Å². The molecule has 0 bridgehead atoms. The number of carbonyl (C=O) groups is 2. The van der Waals surface area contributed by atoms with E-state index in [0.29, 0.717) is 0 Å². The maximum atomic E-state index is 13.1. The summed E-state index contributed by atoms with van der Waals surface area (Å²) >= 11 is 0. The Morgan fingerprint density at radius 1 is 1.36 bits per heavy atom. The second kappa shape index (κ2) is 7.66. The van der Waals surface area contributed by atoms with Crippen molar-refractivity contribution in [1.82, 2.24) is 0 Å². The van der Waals surface area contributed by atoms with Crippen molar-refractivity contribution >= 4 is 22.1 Å². The Morgan fingerprint density at radius 3 is 2.44 bits per heavy atom. The first-order chi connectivity index (χ1) is 11.3.